The van der Waals surface area contributed by atoms with Crippen LogP contribution in [0.4, 0.5) is 0 Å². The van der Waals surface area contributed by atoms with Crippen LogP contribution < -0.4 is 0 Å². The van der Waals surface area contributed by atoms with Gasteiger partial charge in [-0.2, -0.15) is 0 Å². The summed E-state index contributed by atoms with van der Waals surface area (Å²) in [5, 5.41) is 0. The maximum atomic E-state index is 12.2. The maximum absolute atomic E-state index is 12.2. The summed E-state index contributed by atoms with van der Waals surface area (Å²) >= 11 is 0. The average Bonchev–Trinajstić information content (AvgIpc) is 3.04. The first kappa shape index (κ1) is 13.5. The molecule has 2 heterocycles. The molecule has 21 heavy (non-hydrogen) atoms. The van der Waals surface area contributed by atoms with E-state index < -0.39 is 0 Å². The number of carbonyl (C=O) groups is 1. The first-order chi connectivity index (χ1) is 10.3. The largest absolute Gasteiger partial charge is 0.338 e. The average molecular weight is 279 g/mol. The number of likely N-dealkylation sites (tertiary alicyclic amines) is 1. The summed E-state index contributed by atoms with van der Waals surface area (Å²) in [6, 6.07) is 11.8. The van der Waals surface area contributed by atoms with Gasteiger partial charge in [0.1, 0.15) is 6.33 Å². The molecule has 1 saturated heterocycles. The Kier molecular flexibility index (Phi) is 4.05. The number of amides is 1. The molecule has 4 heteroatoms. The molecule has 0 bridgehead atoms. The van der Waals surface area contributed by atoms with E-state index in [4.69, 9.17) is 0 Å². The van der Waals surface area contributed by atoms with Gasteiger partial charge in [0.2, 0.25) is 5.91 Å². The minimum absolute atomic E-state index is 0.0652. The van der Waals surface area contributed by atoms with Crippen molar-refractivity contribution in [1.29, 1.82) is 0 Å². The van der Waals surface area contributed by atoms with Crippen LogP contribution in [0.5, 0.6) is 0 Å². The predicted octanol–water partition coefficient (Wildman–Crippen LogP) is 2.51. The third kappa shape index (κ3) is 3.34. The first-order valence-corrected chi connectivity index (χ1v) is 7.11. The van der Waals surface area contributed by atoms with Crippen LogP contribution in [-0.2, 0) is 4.79 Å². The molecule has 0 spiro atoms. The Morgan fingerprint density at radius 3 is 2.86 bits per heavy atom. The summed E-state index contributed by atoms with van der Waals surface area (Å²) in [6.45, 7) is 1.52. The molecular weight excluding hydrogens is 262 g/mol. The number of hydrogen-bond donors (Lipinski definition) is 0. The second-order valence-corrected chi connectivity index (χ2v) is 5.15. The Morgan fingerprint density at radius 1 is 1.24 bits per heavy atom. The van der Waals surface area contributed by atoms with E-state index in [0.29, 0.717) is 5.92 Å². The zero-order valence-electron chi connectivity index (χ0n) is 11.7. The molecule has 1 aliphatic heterocycles. The highest BCUT2D eigenvalue weighted by Gasteiger charge is 2.26. The highest BCUT2D eigenvalue weighted by atomic mass is 16.2. The van der Waals surface area contributed by atoms with Crippen LogP contribution in [0.1, 0.15) is 23.6 Å². The summed E-state index contributed by atoms with van der Waals surface area (Å²) in [5.74, 6) is 0.387. The van der Waals surface area contributed by atoms with E-state index in [0.717, 1.165) is 30.8 Å². The number of carbonyl (C=O) groups excluding carboxylic acids is 1. The molecule has 3 rings (SSSR count). The van der Waals surface area contributed by atoms with Crippen molar-refractivity contribution in [2.45, 2.75) is 12.3 Å². The molecule has 0 saturated carbocycles. The minimum atomic E-state index is 0.0652. The molecule has 1 unspecified atom stereocenters. The fourth-order valence-electron chi connectivity index (χ4n) is 2.58. The van der Waals surface area contributed by atoms with Gasteiger partial charge in [-0.15, -0.1) is 0 Å². The van der Waals surface area contributed by atoms with Gasteiger partial charge in [0.15, 0.2) is 0 Å². The van der Waals surface area contributed by atoms with E-state index >= 15 is 0 Å². The lowest BCUT2D eigenvalue weighted by Crippen LogP contribution is -2.26. The molecular formula is C17H17N3O. The van der Waals surface area contributed by atoms with E-state index in [2.05, 4.69) is 9.97 Å². The Bertz CT molecular complexity index is 625. The molecule has 0 radical (unpaired) electrons. The van der Waals surface area contributed by atoms with E-state index in [-0.39, 0.29) is 5.91 Å². The van der Waals surface area contributed by atoms with Crippen molar-refractivity contribution >= 4 is 12.0 Å². The summed E-state index contributed by atoms with van der Waals surface area (Å²) < 4.78 is 0. The molecule has 1 amide bonds. The van der Waals surface area contributed by atoms with Crippen molar-refractivity contribution in [3.8, 4) is 0 Å². The van der Waals surface area contributed by atoms with Gasteiger partial charge in [-0.25, -0.2) is 9.97 Å². The van der Waals surface area contributed by atoms with Gasteiger partial charge in [0.05, 0.1) is 0 Å². The van der Waals surface area contributed by atoms with Gasteiger partial charge < -0.3 is 4.90 Å². The lowest BCUT2D eigenvalue weighted by molar-refractivity contribution is -0.124. The van der Waals surface area contributed by atoms with Gasteiger partial charge in [-0.3, -0.25) is 4.79 Å². The standard InChI is InChI=1S/C17H17N3O/c21-17(7-6-14-4-2-1-3-5-14)20-11-9-15(12-20)16-8-10-18-13-19-16/h1-8,10,13,15H,9,11-12H2/b7-6+. The number of hydrogen-bond acceptors (Lipinski definition) is 3. The SMILES string of the molecule is O=C(/C=C/c1ccccc1)N1CCC(c2ccncn2)C1. The molecule has 1 aromatic carbocycles. The smallest absolute Gasteiger partial charge is 0.246 e. The highest BCUT2D eigenvalue weighted by Crippen LogP contribution is 2.25. The van der Waals surface area contributed by atoms with Gasteiger partial charge in [-0.05, 0) is 24.1 Å². The van der Waals surface area contributed by atoms with Crippen molar-refractivity contribution in [3.63, 3.8) is 0 Å². The van der Waals surface area contributed by atoms with Crippen molar-refractivity contribution in [1.82, 2.24) is 14.9 Å². The molecule has 0 aliphatic carbocycles. The Labute approximate surface area is 124 Å². The Morgan fingerprint density at radius 2 is 2.10 bits per heavy atom. The quantitative estimate of drug-likeness (QED) is 0.811. The fourth-order valence-corrected chi connectivity index (χ4v) is 2.58. The topological polar surface area (TPSA) is 46.1 Å². The molecule has 1 aromatic heterocycles. The van der Waals surface area contributed by atoms with Gasteiger partial charge >= 0.3 is 0 Å². The molecule has 1 fully saturated rings. The van der Waals surface area contributed by atoms with Crippen LogP contribution in [0.3, 0.4) is 0 Å². The second-order valence-electron chi connectivity index (χ2n) is 5.15. The zero-order chi connectivity index (χ0) is 14.5. The normalized spacial score (nSPS) is 18.3. The van der Waals surface area contributed by atoms with Crippen LogP contribution in [-0.4, -0.2) is 33.9 Å². The lowest BCUT2D eigenvalue weighted by Gasteiger charge is -2.14. The van der Waals surface area contributed by atoms with Crippen molar-refractivity contribution in [2.75, 3.05) is 13.1 Å². The Balaban J connectivity index is 1.61. The monoisotopic (exact) mass is 279 g/mol. The van der Waals surface area contributed by atoms with Crippen molar-refractivity contribution in [2.24, 2.45) is 0 Å². The minimum Gasteiger partial charge on any atom is -0.338 e. The third-order valence-electron chi connectivity index (χ3n) is 3.74. The van der Waals surface area contributed by atoms with Gasteiger partial charge in [0, 0.05) is 37.0 Å². The summed E-state index contributed by atoms with van der Waals surface area (Å²) in [6.07, 6.45) is 7.79. The second kappa shape index (κ2) is 6.31. The van der Waals surface area contributed by atoms with Gasteiger partial charge in [0.25, 0.3) is 0 Å². The zero-order valence-corrected chi connectivity index (χ0v) is 11.7. The van der Waals surface area contributed by atoms with E-state index in [1.165, 1.54) is 0 Å². The number of benzene rings is 1. The number of aromatic nitrogens is 2. The van der Waals surface area contributed by atoms with Crippen LogP contribution in [0, 0.1) is 0 Å². The first-order valence-electron chi connectivity index (χ1n) is 7.11. The molecule has 4 nitrogen and oxygen atoms in total. The fraction of sp³-hybridized carbons (Fsp3) is 0.235. The molecule has 0 N–H and O–H groups in total. The van der Waals surface area contributed by atoms with Crippen molar-refractivity contribution < 1.29 is 4.79 Å². The van der Waals surface area contributed by atoms with Crippen LogP contribution in [0.2, 0.25) is 0 Å². The van der Waals surface area contributed by atoms with Crippen LogP contribution in [0.15, 0.2) is 55.0 Å². The van der Waals surface area contributed by atoms with Gasteiger partial charge in [-0.1, -0.05) is 30.3 Å². The molecule has 2 aromatic rings. The van der Waals surface area contributed by atoms with Crippen molar-refractivity contribution in [3.05, 3.63) is 66.3 Å². The van der Waals surface area contributed by atoms with Crippen LogP contribution >= 0.6 is 0 Å². The van der Waals surface area contributed by atoms with Crippen LogP contribution in [0.25, 0.3) is 6.08 Å². The third-order valence-corrected chi connectivity index (χ3v) is 3.74. The molecule has 1 aliphatic rings. The lowest BCUT2D eigenvalue weighted by atomic mass is 10.1. The molecule has 1 atom stereocenters. The van der Waals surface area contributed by atoms with E-state index in [1.807, 2.05) is 47.4 Å². The predicted molar refractivity (Wildman–Crippen MR) is 81.4 cm³/mol. The number of rotatable bonds is 3. The number of nitrogens with zero attached hydrogens (tertiary/aromatic N) is 3. The highest BCUT2D eigenvalue weighted by molar-refractivity contribution is 5.92. The summed E-state index contributed by atoms with van der Waals surface area (Å²) in [5.41, 5.74) is 2.06. The molecule has 106 valence electrons. The Hall–Kier alpha value is -2.49. The summed E-state index contributed by atoms with van der Waals surface area (Å²) in [7, 11) is 0. The summed E-state index contributed by atoms with van der Waals surface area (Å²) in [4.78, 5) is 22.3. The maximum Gasteiger partial charge on any atom is 0.246 e. The van der Waals surface area contributed by atoms with E-state index in [9.17, 15) is 4.79 Å². The van der Waals surface area contributed by atoms with E-state index in [1.54, 1.807) is 18.6 Å².